The van der Waals surface area contributed by atoms with Crippen LogP contribution in [0.2, 0.25) is 0 Å². The van der Waals surface area contributed by atoms with Crippen molar-refractivity contribution in [1.82, 2.24) is 9.29 Å². The minimum absolute atomic E-state index is 0.318. The van der Waals surface area contributed by atoms with E-state index in [9.17, 15) is 8.42 Å². The fourth-order valence-electron chi connectivity index (χ4n) is 4.11. The molecule has 0 spiro atoms. The number of piperazine rings is 1. The predicted molar refractivity (Wildman–Crippen MR) is 121 cm³/mol. The molecular formula is C24H27N3O3S. The number of benzene rings is 2. The maximum absolute atomic E-state index is 13.2. The summed E-state index contributed by atoms with van der Waals surface area (Å²) in [6.45, 7) is 6.50. The normalized spacial score (nSPS) is 17.8. The third-order valence-corrected chi connectivity index (χ3v) is 8.08. The molecule has 31 heavy (non-hydrogen) atoms. The van der Waals surface area contributed by atoms with Crippen molar-refractivity contribution >= 4 is 15.7 Å². The smallest absolute Gasteiger partial charge is 0.243 e. The molecule has 7 heteroatoms. The van der Waals surface area contributed by atoms with Crippen LogP contribution in [0.15, 0.2) is 58.0 Å². The lowest BCUT2D eigenvalue weighted by atomic mass is 10.1. The average molecular weight is 438 g/mol. The third-order valence-electron chi connectivity index (χ3n) is 6.17. The summed E-state index contributed by atoms with van der Waals surface area (Å²) in [6, 6.07) is 13.3. The fraction of sp³-hybridized carbons (Fsp3) is 0.375. The van der Waals surface area contributed by atoms with Crippen LogP contribution in [0, 0.1) is 13.8 Å². The summed E-state index contributed by atoms with van der Waals surface area (Å²) in [5.41, 5.74) is 4.47. The number of hydrogen-bond donors (Lipinski definition) is 0. The van der Waals surface area contributed by atoms with E-state index in [4.69, 9.17) is 4.42 Å². The summed E-state index contributed by atoms with van der Waals surface area (Å²) < 4.78 is 33.8. The zero-order valence-corrected chi connectivity index (χ0v) is 18.7. The highest BCUT2D eigenvalue weighted by Gasteiger charge is 2.30. The first-order valence-electron chi connectivity index (χ1n) is 10.8. The van der Waals surface area contributed by atoms with Gasteiger partial charge >= 0.3 is 0 Å². The van der Waals surface area contributed by atoms with E-state index in [0.29, 0.717) is 42.8 Å². The zero-order chi connectivity index (χ0) is 21.6. The van der Waals surface area contributed by atoms with Gasteiger partial charge in [-0.05, 0) is 68.1 Å². The van der Waals surface area contributed by atoms with Crippen molar-refractivity contribution < 1.29 is 12.8 Å². The Balaban J connectivity index is 1.28. The molecular weight excluding hydrogens is 410 g/mol. The van der Waals surface area contributed by atoms with Gasteiger partial charge in [-0.3, -0.25) is 0 Å². The van der Waals surface area contributed by atoms with Gasteiger partial charge in [0.2, 0.25) is 10.0 Å². The highest BCUT2D eigenvalue weighted by Crippen LogP contribution is 2.40. The number of hydrogen-bond acceptors (Lipinski definition) is 5. The van der Waals surface area contributed by atoms with Gasteiger partial charge < -0.3 is 9.32 Å². The molecule has 0 N–H and O–H groups in total. The van der Waals surface area contributed by atoms with Crippen molar-refractivity contribution in [2.24, 2.45) is 0 Å². The van der Waals surface area contributed by atoms with Crippen LogP contribution in [0.5, 0.6) is 0 Å². The van der Waals surface area contributed by atoms with Crippen molar-refractivity contribution in [3.05, 3.63) is 65.7 Å². The van der Waals surface area contributed by atoms with Gasteiger partial charge in [-0.25, -0.2) is 13.4 Å². The van der Waals surface area contributed by atoms with Crippen LogP contribution in [-0.2, 0) is 10.0 Å². The lowest BCUT2D eigenvalue weighted by Gasteiger charge is -2.36. The van der Waals surface area contributed by atoms with Crippen LogP contribution in [0.1, 0.15) is 35.8 Å². The van der Waals surface area contributed by atoms with Gasteiger partial charge in [0.15, 0.2) is 11.7 Å². The number of nitrogens with zero attached hydrogens (tertiary/aromatic N) is 3. The molecule has 1 aliphatic carbocycles. The minimum Gasteiger partial charge on any atom is -0.440 e. The summed E-state index contributed by atoms with van der Waals surface area (Å²) in [7, 11) is -3.52. The molecule has 2 heterocycles. The van der Waals surface area contributed by atoms with Crippen LogP contribution < -0.4 is 4.90 Å². The minimum atomic E-state index is -3.52. The Kier molecular flexibility index (Phi) is 5.10. The van der Waals surface area contributed by atoms with Gasteiger partial charge in [0.1, 0.15) is 0 Å². The molecule has 0 atom stereocenters. The molecule has 1 aliphatic heterocycles. The average Bonchev–Trinajstić information content (AvgIpc) is 3.52. The standard InChI is InChI=1S/C24H27N3O3S/c1-17-3-4-18(2)22(15-17)26-11-13-27(14-12-26)31(28,29)21-9-7-19(8-10-21)23-16-25-24(30-23)20-5-6-20/h3-4,7-10,15-16,20H,5-6,11-14H2,1-2H3. The van der Waals surface area contributed by atoms with Gasteiger partial charge in [0.05, 0.1) is 11.1 Å². The highest BCUT2D eigenvalue weighted by atomic mass is 32.2. The number of anilines is 1. The Morgan fingerprint density at radius 3 is 2.35 bits per heavy atom. The molecule has 3 aromatic rings. The number of aryl methyl sites for hydroxylation is 2. The molecule has 6 nitrogen and oxygen atoms in total. The molecule has 2 fully saturated rings. The highest BCUT2D eigenvalue weighted by molar-refractivity contribution is 7.89. The second-order valence-corrected chi connectivity index (χ2v) is 10.5. The molecule has 0 radical (unpaired) electrons. The summed E-state index contributed by atoms with van der Waals surface area (Å²) >= 11 is 0. The topological polar surface area (TPSA) is 66.7 Å². The van der Waals surface area contributed by atoms with Gasteiger partial charge in [-0.1, -0.05) is 12.1 Å². The summed E-state index contributed by atoms with van der Waals surface area (Å²) in [4.78, 5) is 6.94. The largest absolute Gasteiger partial charge is 0.440 e. The summed E-state index contributed by atoms with van der Waals surface area (Å²) in [6.07, 6.45) is 3.99. The summed E-state index contributed by atoms with van der Waals surface area (Å²) in [5.74, 6) is 1.93. The second kappa shape index (κ2) is 7.80. The van der Waals surface area contributed by atoms with Crippen LogP contribution in [0.4, 0.5) is 5.69 Å². The van der Waals surface area contributed by atoms with E-state index in [2.05, 4.69) is 41.9 Å². The Morgan fingerprint density at radius 2 is 1.68 bits per heavy atom. The Bertz CT molecular complexity index is 1190. The quantitative estimate of drug-likeness (QED) is 0.594. The van der Waals surface area contributed by atoms with Crippen molar-refractivity contribution in [2.45, 2.75) is 37.5 Å². The van der Waals surface area contributed by atoms with E-state index in [1.165, 1.54) is 16.8 Å². The molecule has 162 valence electrons. The maximum Gasteiger partial charge on any atom is 0.243 e. The molecule has 1 saturated carbocycles. The zero-order valence-electron chi connectivity index (χ0n) is 17.9. The van der Waals surface area contributed by atoms with Crippen molar-refractivity contribution in [3.63, 3.8) is 0 Å². The molecule has 2 aliphatic rings. The third kappa shape index (κ3) is 4.00. The first-order valence-corrected chi connectivity index (χ1v) is 12.2. The van der Waals surface area contributed by atoms with E-state index in [1.54, 1.807) is 34.8 Å². The fourth-order valence-corrected chi connectivity index (χ4v) is 5.53. The second-order valence-electron chi connectivity index (χ2n) is 8.54. The predicted octanol–water partition coefficient (Wildman–Crippen LogP) is 4.35. The van der Waals surface area contributed by atoms with Crippen molar-refractivity contribution in [1.29, 1.82) is 0 Å². The van der Waals surface area contributed by atoms with Crippen molar-refractivity contribution in [3.8, 4) is 11.3 Å². The Hall–Kier alpha value is -2.64. The van der Waals surface area contributed by atoms with E-state index < -0.39 is 10.0 Å². The summed E-state index contributed by atoms with van der Waals surface area (Å²) in [5, 5.41) is 0. The van der Waals surface area contributed by atoms with Gasteiger partial charge in [-0.15, -0.1) is 0 Å². The maximum atomic E-state index is 13.2. The van der Waals surface area contributed by atoms with E-state index in [-0.39, 0.29) is 0 Å². The van der Waals surface area contributed by atoms with Gasteiger partial charge in [-0.2, -0.15) is 4.31 Å². The molecule has 2 aromatic carbocycles. The first kappa shape index (κ1) is 20.3. The molecule has 0 bridgehead atoms. The van der Waals surface area contributed by atoms with Crippen LogP contribution >= 0.6 is 0 Å². The lowest BCUT2D eigenvalue weighted by molar-refractivity contribution is 0.384. The van der Waals surface area contributed by atoms with Crippen LogP contribution in [0.25, 0.3) is 11.3 Å². The monoisotopic (exact) mass is 437 g/mol. The number of aromatic nitrogens is 1. The number of sulfonamides is 1. The van der Waals surface area contributed by atoms with Crippen molar-refractivity contribution in [2.75, 3.05) is 31.1 Å². The van der Waals surface area contributed by atoms with E-state index in [0.717, 1.165) is 24.3 Å². The molecule has 5 rings (SSSR count). The number of oxazole rings is 1. The Labute approximate surface area is 183 Å². The molecule has 0 unspecified atom stereocenters. The Morgan fingerprint density at radius 1 is 0.968 bits per heavy atom. The number of rotatable bonds is 5. The van der Waals surface area contributed by atoms with Crippen LogP contribution in [0.3, 0.4) is 0 Å². The van der Waals surface area contributed by atoms with E-state index in [1.807, 2.05) is 0 Å². The lowest BCUT2D eigenvalue weighted by Crippen LogP contribution is -2.48. The van der Waals surface area contributed by atoms with E-state index >= 15 is 0 Å². The first-order chi connectivity index (χ1) is 14.9. The SMILES string of the molecule is Cc1ccc(C)c(N2CCN(S(=O)(=O)c3ccc(-c4cnc(C5CC5)o4)cc3)CC2)c1. The molecule has 0 amide bonds. The van der Waals surface area contributed by atoms with Gasteiger partial charge in [0, 0.05) is 43.3 Å². The van der Waals surface area contributed by atoms with Crippen LogP contribution in [-0.4, -0.2) is 43.9 Å². The molecule has 1 saturated heterocycles. The molecule has 1 aromatic heterocycles. The van der Waals surface area contributed by atoms with Gasteiger partial charge in [0.25, 0.3) is 0 Å².